The van der Waals surface area contributed by atoms with Gasteiger partial charge in [0.15, 0.2) is 0 Å². The van der Waals surface area contributed by atoms with Gasteiger partial charge in [0.1, 0.15) is 18.1 Å². The first-order valence-electron chi connectivity index (χ1n) is 5.40. The van der Waals surface area contributed by atoms with Gasteiger partial charge < -0.3 is 19.7 Å². The standard InChI is InChI=1S/C13H16O5/c1-9(8-18-13(16)17-2)6-7-10-11(14)4-3-5-12(10)15/h3-6,14-15H,7-8H2,1-2H3/b9-6+. The molecule has 2 N–H and O–H groups in total. The molecular weight excluding hydrogens is 236 g/mol. The monoisotopic (exact) mass is 252 g/mol. The van der Waals surface area contributed by atoms with E-state index in [1.165, 1.54) is 19.2 Å². The quantitative estimate of drug-likeness (QED) is 0.635. The molecule has 0 unspecified atom stereocenters. The third-order valence-electron chi connectivity index (χ3n) is 2.37. The van der Waals surface area contributed by atoms with E-state index in [2.05, 4.69) is 4.74 Å². The van der Waals surface area contributed by atoms with Gasteiger partial charge in [-0.2, -0.15) is 0 Å². The molecule has 0 heterocycles. The Morgan fingerprint density at radius 2 is 1.94 bits per heavy atom. The van der Waals surface area contributed by atoms with E-state index in [1.807, 2.05) is 0 Å². The van der Waals surface area contributed by atoms with Gasteiger partial charge in [0, 0.05) is 5.56 Å². The Hall–Kier alpha value is -2.17. The van der Waals surface area contributed by atoms with Crippen LogP contribution < -0.4 is 0 Å². The fraction of sp³-hybridized carbons (Fsp3) is 0.308. The van der Waals surface area contributed by atoms with Crippen molar-refractivity contribution in [2.45, 2.75) is 13.3 Å². The minimum Gasteiger partial charge on any atom is -0.508 e. The average molecular weight is 252 g/mol. The summed E-state index contributed by atoms with van der Waals surface area (Å²) in [5.41, 5.74) is 1.23. The van der Waals surface area contributed by atoms with Crippen molar-refractivity contribution in [3.05, 3.63) is 35.4 Å². The molecule has 5 nitrogen and oxygen atoms in total. The van der Waals surface area contributed by atoms with Gasteiger partial charge in [0.25, 0.3) is 0 Å². The van der Waals surface area contributed by atoms with E-state index in [-0.39, 0.29) is 18.1 Å². The van der Waals surface area contributed by atoms with Crippen molar-refractivity contribution in [1.82, 2.24) is 0 Å². The number of rotatable bonds is 4. The van der Waals surface area contributed by atoms with Crippen LogP contribution in [0.25, 0.3) is 0 Å². The lowest BCUT2D eigenvalue weighted by Gasteiger charge is -2.06. The van der Waals surface area contributed by atoms with Gasteiger partial charge in [-0.25, -0.2) is 4.79 Å². The van der Waals surface area contributed by atoms with Crippen molar-refractivity contribution >= 4 is 6.16 Å². The highest BCUT2D eigenvalue weighted by atomic mass is 16.7. The second kappa shape index (κ2) is 6.54. The van der Waals surface area contributed by atoms with Crippen molar-refractivity contribution in [1.29, 1.82) is 0 Å². The van der Waals surface area contributed by atoms with E-state index in [0.717, 1.165) is 5.57 Å². The van der Waals surface area contributed by atoms with Crippen LogP contribution in [0.15, 0.2) is 29.8 Å². The maximum absolute atomic E-state index is 10.7. The number of hydrogen-bond acceptors (Lipinski definition) is 5. The molecule has 0 saturated heterocycles. The van der Waals surface area contributed by atoms with Crippen LogP contribution in [-0.4, -0.2) is 30.1 Å². The molecule has 0 bridgehead atoms. The molecule has 0 aliphatic rings. The van der Waals surface area contributed by atoms with Gasteiger partial charge in [-0.05, 0) is 31.1 Å². The first-order chi connectivity index (χ1) is 8.54. The Bertz CT molecular complexity index is 430. The molecule has 0 fully saturated rings. The number of ether oxygens (including phenoxy) is 2. The molecule has 1 aromatic carbocycles. The van der Waals surface area contributed by atoms with E-state index in [4.69, 9.17) is 4.74 Å². The highest BCUT2D eigenvalue weighted by Gasteiger charge is 2.05. The molecule has 5 heteroatoms. The first-order valence-corrected chi connectivity index (χ1v) is 5.40. The largest absolute Gasteiger partial charge is 0.508 e. The summed E-state index contributed by atoms with van der Waals surface area (Å²) in [5.74, 6) is 0.0703. The minimum atomic E-state index is -0.742. The lowest BCUT2D eigenvalue weighted by molar-refractivity contribution is 0.0798. The molecule has 0 spiro atoms. The molecule has 98 valence electrons. The third-order valence-corrected chi connectivity index (χ3v) is 2.37. The Balaban J connectivity index is 2.60. The second-order valence-corrected chi connectivity index (χ2v) is 3.77. The van der Waals surface area contributed by atoms with Crippen LogP contribution in [0.3, 0.4) is 0 Å². The zero-order chi connectivity index (χ0) is 13.5. The molecule has 1 aromatic rings. The SMILES string of the molecule is COC(=O)OC/C(C)=C/Cc1c(O)cccc1O. The molecule has 0 saturated carbocycles. The minimum absolute atomic E-state index is 0.0351. The predicted molar refractivity (Wildman–Crippen MR) is 65.6 cm³/mol. The van der Waals surface area contributed by atoms with Gasteiger partial charge in [-0.3, -0.25) is 0 Å². The summed E-state index contributed by atoms with van der Waals surface area (Å²) in [6.07, 6.45) is 1.38. The van der Waals surface area contributed by atoms with E-state index in [0.29, 0.717) is 12.0 Å². The normalized spacial score (nSPS) is 11.1. The molecule has 0 atom stereocenters. The van der Waals surface area contributed by atoms with Crippen LogP contribution in [0.4, 0.5) is 4.79 Å². The Labute approximate surface area is 105 Å². The topological polar surface area (TPSA) is 76.0 Å². The zero-order valence-electron chi connectivity index (χ0n) is 10.3. The number of methoxy groups -OCH3 is 1. The maximum Gasteiger partial charge on any atom is 0.508 e. The highest BCUT2D eigenvalue weighted by Crippen LogP contribution is 2.27. The smallest absolute Gasteiger partial charge is 0.508 e. The summed E-state index contributed by atoms with van der Waals surface area (Å²) in [6.45, 7) is 1.89. The molecule has 0 amide bonds. The van der Waals surface area contributed by atoms with E-state index < -0.39 is 6.16 Å². The zero-order valence-corrected chi connectivity index (χ0v) is 10.3. The van der Waals surface area contributed by atoms with Crippen LogP contribution in [0, 0.1) is 0 Å². The number of carbonyl (C=O) groups excluding carboxylic acids is 1. The average Bonchev–Trinajstić information content (AvgIpc) is 2.35. The number of aromatic hydroxyl groups is 2. The van der Waals surface area contributed by atoms with Gasteiger partial charge in [0.05, 0.1) is 7.11 Å². The Kier molecular flexibility index (Phi) is 5.05. The van der Waals surface area contributed by atoms with Crippen LogP contribution in [0.5, 0.6) is 11.5 Å². The molecular formula is C13H16O5. The van der Waals surface area contributed by atoms with E-state index >= 15 is 0 Å². The van der Waals surface area contributed by atoms with E-state index in [1.54, 1.807) is 19.1 Å². The van der Waals surface area contributed by atoms with E-state index in [9.17, 15) is 15.0 Å². The summed E-state index contributed by atoms with van der Waals surface area (Å²) in [6, 6.07) is 4.57. The van der Waals surface area contributed by atoms with Crippen LogP contribution in [0.2, 0.25) is 0 Å². The summed E-state index contributed by atoms with van der Waals surface area (Å²) in [4.78, 5) is 10.7. The number of benzene rings is 1. The maximum atomic E-state index is 10.7. The number of hydrogen-bond donors (Lipinski definition) is 2. The molecule has 0 radical (unpaired) electrons. The second-order valence-electron chi connectivity index (χ2n) is 3.77. The first kappa shape index (κ1) is 13.9. The highest BCUT2D eigenvalue weighted by molar-refractivity contribution is 5.59. The van der Waals surface area contributed by atoms with Crippen LogP contribution in [0.1, 0.15) is 12.5 Å². The van der Waals surface area contributed by atoms with Gasteiger partial charge in [0.2, 0.25) is 0 Å². The summed E-state index contributed by atoms with van der Waals surface area (Å²) < 4.78 is 9.08. The van der Waals surface area contributed by atoms with Crippen molar-refractivity contribution in [3.63, 3.8) is 0 Å². The summed E-state index contributed by atoms with van der Waals surface area (Å²) >= 11 is 0. The summed E-state index contributed by atoms with van der Waals surface area (Å²) in [7, 11) is 1.24. The Morgan fingerprint density at radius 1 is 1.33 bits per heavy atom. The molecule has 0 aromatic heterocycles. The lowest BCUT2D eigenvalue weighted by atomic mass is 10.1. The lowest BCUT2D eigenvalue weighted by Crippen LogP contribution is -2.06. The van der Waals surface area contributed by atoms with Crippen molar-refractivity contribution in [2.24, 2.45) is 0 Å². The van der Waals surface area contributed by atoms with Crippen molar-refractivity contribution < 1.29 is 24.5 Å². The summed E-state index contributed by atoms with van der Waals surface area (Å²) in [5, 5.41) is 19.1. The third kappa shape index (κ3) is 4.01. The fourth-order valence-electron chi connectivity index (χ4n) is 1.34. The van der Waals surface area contributed by atoms with Crippen molar-refractivity contribution in [2.75, 3.05) is 13.7 Å². The number of phenols is 2. The number of phenolic OH excluding ortho intramolecular Hbond substituents is 2. The van der Waals surface area contributed by atoms with Crippen LogP contribution >= 0.6 is 0 Å². The predicted octanol–water partition coefficient (Wildman–Crippen LogP) is 2.37. The Morgan fingerprint density at radius 3 is 2.50 bits per heavy atom. The molecule has 18 heavy (non-hydrogen) atoms. The molecule has 0 aliphatic heterocycles. The molecule has 1 rings (SSSR count). The van der Waals surface area contributed by atoms with Gasteiger partial charge in [-0.15, -0.1) is 0 Å². The van der Waals surface area contributed by atoms with Crippen LogP contribution in [-0.2, 0) is 15.9 Å². The van der Waals surface area contributed by atoms with Gasteiger partial charge >= 0.3 is 6.16 Å². The van der Waals surface area contributed by atoms with Gasteiger partial charge in [-0.1, -0.05) is 12.1 Å². The van der Waals surface area contributed by atoms with Crippen molar-refractivity contribution in [3.8, 4) is 11.5 Å². The number of allylic oxidation sites excluding steroid dienone is 1. The molecule has 0 aliphatic carbocycles. The number of carbonyl (C=O) groups is 1. The fourth-order valence-corrected chi connectivity index (χ4v) is 1.34.